The summed E-state index contributed by atoms with van der Waals surface area (Å²) in [5.74, 6) is 0. The SMILES string of the molecule is Cc1cnn(CCCNC(C)(C)C)c1. The van der Waals surface area contributed by atoms with Crippen molar-refractivity contribution in [2.45, 2.75) is 46.2 Å². The highest BCUT2D eigenvalue weighted by molar-refractivity contribution is 4.99. The highest BCUT2D eigenvalue weighted by atomic mass is 15.3. The second-order valence-electron chi connectivity index (χ2n) is 4.81. The first-order valence-corrected chi connectivity index (χ1v) is 5.21. The molecular weight excluding hydrogens is 174 g/mol. The molecule has 1 aromatic heterocycles. The first-order chi connectivity index (χ1) is 6.47. The second kappa shape index (κ2) is 4.60. The van der Waals surface area contributed by atoms with Crippen LogP contribution >= 0.6 is 0 Å². The highest BCUT2D eigenvalue weighted by Gasteiger charge is 2.06. The predicted octanol–water partition coefficient (Wildman–Crippen LogP) is 1.97. The summed E-state index contributed by atoms with van der Waals surface area (Å²) in [5.41, 5.74) is 1.45. The zero-order valence-corrected chi connectivity index (χ0v) is 9.67. The second-order valence-corrected chi connectivity index (χ2v) is 4.81. The third-order valence-corrected chi connectivity index (χ3v) is 1.98. The van der Waals surface area contributed by atoms with E-state index in [1.165, 1.54) is 5.56 Å². The summed E-state index contributed by atoms with van der Waals surface area (Å²) in [6, 6.07) is 0. The lowest BCUT2D eigenvalue weighted by atomic mass is 10.1. The van der Waals surface area contributed by atoms with Gasteiger partial charge in [-0.2, -0.15) is 5.10 Å². The van der Waals surface area contributed by atoms with Crippen LogP contribution in [0.2, 0.25) is 0 Å². The zero-order chi connectivity index (χ0) is 10.6. The molecule has 1 aromatic rings. The van der Waals surface area contributed by atoms with E-state index in [4.69, 9.17) is 0 Å². The van der Waals surface area contributed by atoms with E-state index in [0.717, 1.165) is 19.5 Å². The molecule has 3 heteroatoms. The molecule has 1 heterocycles. The Hall–Kier alpha value is -0.830. The van der Waals surface area contributed by atoms with Gasteiger partial charge in [0.2, 0.25) is 0 Å². The molecule has 0 bridgehead atoms. The molecule has 0 aliphatic rings. The molecule has 0 aliphatic carbocycles. The number of aryl methyl sites for hydroxylation is 2. The van der Waals surface area contributed by atoms with Gasteiger partial charge in [-0.05, 0) is 46.2 Å². The molecule has 14 heavy (non-hydrogen) atoms. The maximum atomic E-state index is 4.24. The van der Waals surface area contributed by atoms with Crippen molar-refractivity contribution >= 4 is 0 Å². The first-order valence-electron chi connectivity index (χ1n) is 5.21. The fourth-order valence-electron chi connectivity index (χ4n) is 1.29. The van der Waals surface area contributed by atoms with Gasteiger partial charge in [-0.15, -0.1) is 0 Å². The Morgan fingerprint density at radius 2 is 2.14 bits per heavy atom. The van der Waals surface area contributed by atoms with Gasteiger partial charge in [-0.25, -0.2) is 0 Å². The molecule has 0 amide bonds. The Labute approximate surface area is 86.5 Å². The molecular formula is C11H21N3. The van der Waals surface area contributed by atoms with Crippen molar-refractivity contribution in [3.63, 3.8) is 0 Å². The van der Waals surface area contributed by atoms with Crippen molar-refractivity contribution < 1.29 is 0 Å². The topological polar surface area (TPSA) is 29.9 Å². The van der Waals surface area contributed by atoms with Crippen LogP contribution < -0.4 is 5.32 Å². The van der Waals surface area contributed by atoms with Gasteiger partial charge in [0.05, 0.1) is 6.20 Å². The van der Waals surface area contributed by atoms with E-state index in [1.54, 1.807) is 0 Å². The minimum atomic E-state index is 0.222. The number of nitrogens with one attached hydrogen (secondary N) is 1. The van der Waals surface area contributed by atoms with E-state index in [1.807, 2.05) is 10.9 Å². The lowest BCUT2D eigenvalue weighted by Crippen LogP contribution is -2.36. The smallest absolute Gasteiger partial charge is 0.0518 e. The zero-order valence-electron chi connectivity index (χ0n) is 9.67. The molecule has 0 aliphatic heterocycles. The number of aromatic nitrogens is 2. The summed E-state index contributed by atoms with van der Waals surface area (Å²) in [6.07, 6.45) is 5.10. The van der Waals surface area contributed by atoms with Crippen molar-refractivity contribution in [3.8, 4) is 0 Å². The minimum absolute atomic E-state index is 0.222. The van der Waals surface area contributed by atoms with Gasteiger partial charge in [-0.1, -0.05) is 0 Å². The van der Waals surface area contributed by atoms with Crippen LogP contribution in [0.15, 0.2) is 12.4 Å². The van der Waals surface area contributed by atoms with E-state index in [-0.39, 0.29) is 5.54 Å². The molecule has 1 N–H and O–H groups in total. The van der Waals surface area contributed by atoms with Crippen molar-refractivity contribution in [3.05, 3.63) is 18.0 Å². The number of rotatable bonds is 4. The van der Waals surface area contributed by atoms with Crippen LogP contribution in [0.25, 0.3) is 0 Å². The van der Waals surface area contributed by atoms with Crippen molar-refractivity contribution in [1.82, 2.24) is 15.1 Å². The fraction of sp³-hybridized carbons (Fsp3) is 0.727. The number of hydrogen-bond donors (Lipinski definition) is 1. The molecule has 80 valence electrons. The molecule has 0 spiro atoms. The van der Waals surface area contributed by atoms with Gasteiger partial charge in [-0.3, -0.25) is 4.68 Å². The van der Waals surface area contributed by atoms with Crippen LogP contribution in [-0.2, 0) is 6.54 Å². The van der Waals surface area contributed by atoms with Crippen molar-refractivity contribution in [1.29, 1.82) is 0 Å². The highest BCUT2D eigenvalue weighted by Crippen LogP contribution is 1.99. The van der Waals surface area contributed by atoms with Crippen LogP contribution in [0.5, 0.6) is 0 Å². The van der Waals surface area contributed by atoms with Gasteiger partial charge >= 0.3 is 0 Å². The summed E-state index contributed by atoms with van der Waals surface area (Å²) in [4.78, 5) is 0. The Morgan fingerprint density at radius 3 is 2.64 bits per heavy atom. The Balaban J connectivity index is 2.16. The van der Waals surface area contributed by atoms with Crippen molar-refractivity contribution in [2.75, 3.05) is 6.54 Å². The van der Waals surface area contributed by atoms with Gasteiger partial charge in [0.25, 0.3) is 0 Å². The summed E-state index contributed by atoms with van der Waals surface area (Å²) in [5, 5.41) is 7.70. The third-order valence-electron chi connectivity index (χ3n) is 1.98. The molecule has 0 unspecified atom stereocenters. The van der Waals surface area contributed by atoms with E-state index in [9.17, 15) is 0 Å². The standard InChI is InChI=1S/C11H21N3/c1-10-8-13-14(9-10)7-5-6-12-11(2,3)4/h8-9,12H,5-7H2,1-4H3. The van der Waals surface area contributed by atoms with Crippen molar-refractivity contribution in [2.24, 2.45) is 0 Å². The summed E-state index contributed by atoms with van der Waals surface area (Å²) in [7, 11) is 0. The summed E-state index contributed by atoms with van der Waals surface area (Å²) >= 11 is 0. The lowest BCUT2D eigenvalue weighted by Gasteiger charge is -2.20. The van der Waals surface area contributed by atoms with Gasteiger partial charge in [0, 0.05) is 18.3 Å². The molecule has 0 saturated carbocycles. The van der Waals surface area contributed by atoms with E-state index < -0.39 is 0 Å². The molecule has 0 aromatic carbocycles. The van der Waals surface area contributed by atoms with E-state index in [0.29, 0.717) is 0 Å². The Kier molecular flexibility index (Phi) is 3.69. The molecule has 1 rings (SSSR count). The largest absolute Gasteiger partial charge is 0.312 e. The maximum absolute atomic E-state index is 4.24. The number of hydrogen-bond acceptors (Lipinski definition) is 2. The van der Waals surface area contributed by atoms with Crippen LogP contribution in [0.3, 0.4) is 0 Å². The predicted molar refractivity (Wildman–Crippen MR) is 59.3 cm³/mol. The van der Waals surface area contributed by atoms with Crippen LogP contribution in [-0.4, -0.2) is 21.9 Å². The van der Waals surface area contributed by atoms with Gasteiger partial charge < -0.3 is 5.32 Å². The number of nitrogens with zero attached hydrogens (tertiary/aromatic N) is 2. The third kappa shape index (κ3) is 4.42. The van der Waals surface area contributed by atoms with Crippen LogP contribution in [0, 0.1) is 6.92 Å². The van der Waals surface area contributed by atoms with Gasteiger partial charge in [0.1, 0.15) is 0 Å². The van der Waals surface area contributed by atoms with Crippen LogP contribution in [0.1, 0.15) is 32.8 Å². The quantitative estimate of drug-likeness (QED) is 0.744. The molecule has 0 atom stereocenters. The molecule has 0 saturated heterocycles. The van der Waals surface area contributed by atoms with Crippen LogP contribution in [0.4, 0.5) is 0 Å². The summed E-state index contributed by atoms with van der Waals surface area (Å²) < 4.78 is 2.00. The average molecular weight is 195 g/mol. The first kappa shape index (κ1) is 11.2. The summed E-state index contributed by atoms with van der Waals surface area (Å²) in [6.45, 7) is 10.7. The Morgan fingerprint density at radius 1 is 1.43 bits per heavy atom. The Bertz CT molecular complexity index is 270. The molecule has 0 radical (unpaired) electrons. The molecule has 3 nitrogen and oxygen atoms in total. The average Bonchev–Trinajstić information content (AvgIpc) is 2.44. The minimum Gasteiger partial charge on any atom is -0.312 e. The monoisotopic (exact) mass is 195 g/mol. The lowest BCUT2D eigenvalue weighted by molar-refractivity contribution is 0.409. The fourth-order valence-corrected chi connectivity index (χ4v) is 1.29. The van der Waals surface area contributed by atoms with E-state index in [2.05, 4.69) is 44.3 Å². The van der Waals surface area contributed by atoms with Gasteiger partial charge in [0.15, 0.2) is 0 Å². The molecule has 0 fully saturated rings. The normalized spacial score (nSPS) is 12.0. The maximum Gasteiger partial charge on any atom is 0.0518 e. The van der Waals surface area contributed by atoms with E-state index >= 15 is 0 Å².